The van der Waals surface area contributed by atoms with Crippen molar-refractivity contribution in [3.63, 3.8) is 0 Å². The van der Waals surface area contributed by atoms with Crippen molar-refractivity contribution in [3.8, 4) is 22.8 Å². The highest BCUT2D eigenvalue weighted by Gasteiger charge is 2.20. The zero-order valence-electron chi connectivity index (χ0n) is 15.9. The Bertz CT molecular complexity index is 1070. The van der Waals surface area contributed by atoms with Crippen LogP contribution in [0.1, 0.15) is 6.92 Å². The summed E-state index contributed by atoms with van der Waals surface area (Å²) < 4.78 is 35.3. The third-order valence-electron chi connectivity index (χ3n) is 3.95. The van der Waals surface area contributed by atoms with E-state index in [0.717, 1.165) is 11.3 Å². The molecular weight excluding hydrogens is 412 g/mol. The number of carbonyl (C=O) groups is 1. The second-order valence-electron chi connectivity index (χ2n) is 5.98. The molecule has 0 saturated heterocycles. The molecule has 0 spiro atoms. The number of rotatable bonds is 8. The van der Waals surface area contributed by atoms with Crippen LogP contribution >= 0.6 is 11.3 Å². The number of hydrogen-bond acceptors (Lipinski definition) is 7. The third kappa shape index (κ3) is 5.33. The normalized spacial score (nSPS) is 11.1. The van der Waals surface area contributed by atoms with Crippen LogP contribution in [0.15, 0.2) is 58.8 Å². The maximum atomic E-state index is 12.4. The Hall–Kier alpha value is -2.91. The summed E-state index contributed by atoms with van der Waals surface area (Å²) in [5.41, 5.74) is 1.56. The highest BCUT2D eigenvalue weighted by atomic mass is 32.2. The van der Waals surface area contributed by atoms with Gasteiger partial charge in [0.1, 0.15) is 17.3 Å². The summed E-state index contributed by atoms with van der Waals surface area (Å²) >= 11 is 1.23. The molecule has 0 aliphatic rings. The van der Waals surface area contributed by atoms with Crippen molar-refractivity contribution >= 4 is 32.2 Å². The van der Waals surface area contributed by atoms with Gasteiger partial charge < -0.3 is 14.8 Å². The van der Waals surface area contributed by atoms with E-state index in [9.17, 15) is 13.2 Å². The first-order valence-electron chi connectivity index (χ1n) is 8.76. The van der Waals surface area contributed by atoms with Gasteiger partial charge in [-0.05, 0) is 55.5 Å². The molecule has 1 amide bonds. The summed E-state index contributed by atoms with van der Waals surface area (Å²) in [6, 6.07) is 13.3. The van der Waals surface area contributed by atoms with Crippen LogP contribution in [-0.4, -0.2) is 38.8 Å². The van der Waals surface area contributed by atoms with Gasteiger partial charge in [-0.25, -0.2) is 13.4 Å². The average Bonchev–Trinajstić information content (AvgIpc) is 3.16. The topological polar surface area (TPSA) is 94.6 Å². The number of amides is 1. The van der Waals surface area contributed by atoms with Crippen LogP contribution in [0.25, 0.3) is 11.3 Å². The fraction of sp³-hybridized carbons (Fsp3) is 0.200. The maximum absolute atomic E-state index is 12.4. The highest BCUT2D eigenvalue weighted by Crippen LogP contribution is 2.26. The Morgan fingerprint density at radius 2 is 1.72 bits per heavy atom. The number of nitrogens with zero attached hydrogens (tertiary/aromatic N) is 1. The number of thiazole rings is 1. The van der Waals surface area contributed by atoms with Crippen LogP contribution in [0.5, 0.6) is 11.5 Å². The number of hydrogen-bond donors (Lipinski definition) is 1. The molecule has 2 aromatic carbocycles. The molecule has 7 nitrogen and oxygen atoms in total. The summed E-state index contributed by atoms with van der Waals surface area (Å²) in [6.07, 6.45) is 0. The lowest BCUT2D eigenvalue weighted by Gasteiger charge is -2.06. The van der Waals surface area contributed by atoms with Crippen LogP contribution < -0.4 is 14.8 Å². The van der Waals surface area contributed by atoms with Crippen molar-refractivity contribution < 1.29 is 22.7 Å². The minimum Gasteiger partial charge on any atom is -0.497 e. The van der Waals surface area contributed by atoms with E-state index in [-0.39, 0.29) is 4.90 Å². The lowest BCUT2D eigenvalue weighted by molar-refractivity contribution is -0.113. The largest absolute Gasteiger partial charge is 0.497 e. The van der Waals surface area contributed by atoms with Gasteiger partial charge in [0.05, 0.1) is 24.3 Å². The zero-order valence-corrected chi connectivity index (χ0v) is 17.5. The van der Waals surface area contributed by atoms with Crippen molar-refractivity contribution in [3.05, 3.63) is 53.9 Å². The Kier molecular flexibility index (Phi) is 6.50. The van der Waals surface area contributed by atoms with Gasteiger partial charge in [-0.2, -0.15) is 0 Å². The van der Waals surface area contributed by atoms with Crippen molar-refractivity contribution in [2.75, 3.05) is 24.8 Å². The standard InChI is InChI=1S/C20H20N2O5S2/c1-3-27-16-6-4-14(5-7-16)18-12-28-20(21-18)22-19(23)13-29(24,25)17-10-8-15(26-2)9-11-17/h4-12H,3,13H2,1-2H3,(H,21,22,23). The van der Waals surface area contributed by atoms with E-state index in [2.05, 4.69) is 10.3 Å². The summed E-state index contributed by atoms with van der Waals surface area (Å²) in [4.78, 5) is 16.6. The number of methoxy groups -OCH3 is 1. The van der Waals surface area contributed by atoms with Gasteiger partial charge in [0.15, 0.2) is 15.0 Å². The minimum atomic E-state index is -3.76. The van der Waals surface area contributed by atoms with E-state index in [1.165, 1.54) is 42.7 Å². The number of aromatic nitrogens is 1. The summed E-state index contributed by atoms with van der Waals surface area (Å²) in [6.45, 7) is 2.50. The molecule has 1 heterocycles. The first kappa shape index (κ1) is 20.8. The quantitative estimate of drug-likeness (QED) is 0.584. The van der Waals surface area contributed by atoms with E-state index in [4.69, 9.17) is 9.47 Å². The molecule has 152 valence electrons. The minimum absolute atomic E-state index is 0.0580. The van der Waals surface area contributed by atoms with Crippen LogP contribution in [0.4, 0.5) is 5.13 Å². The molecule has 0 radical (unpaired) electrons. The van der Waals surface area contributed by atoms with Gasteiger partial charge in [0, 0.05) is 10.9 Å². The molecule has 1 N–H and O–H groups in total. The predicted molar refractivity (Wildman–Crippen MR) is 112 cm³/mol. The Balaban J connectivity index is 1.65. The van der Waals surface area contributed by atoms with Gasteiger partial charge in [-0.1, -0.05) is 0 Å². The number of nitrogens with one attached hydrogen (secondary N) is 1. The van der Waals surface area contributed by atoms with Crippen molar-refractivity contribution in [1.29, 1.82) is 0 Å². The fourth-order valence-corrected chi connectivity index (χ4v) is 4.42. The number of carbonyl (C=O) groups excluding carboxylic acids is 1. The molecule has 3 rings (SSSR count). The van der Waals surface area contributed by atoms with Gasteiger partial charge in [-0.15, -0.1) is 11.3 Å². The summed E-state index contributed by atoms with van der Waals surface area (Å²) in [5, 5.41) is 4.68. The molecule has 3 aromatic rings. The summed E-state index contributed by atoms with van der Waals surface area (Å²) in [7, 11) is -2.27. The molecule has 0 unspecified atom stereocenters. The fourth-order valence-electron chi connectivity index (χ4n) is 2.55. The number of sulfone groups is 1. The molecule has 0 aliphatic heterocycles. The monoisotopic (exact) mass is 432 g/mol. The number of anilines is 1. The van der Waals surface area contributed by atoms with Crippen LogP contribution in [-0.2, 0) is 14.6 Å². The van der Waals surface area contributed by atoms with Gasteiger partial charge >= 0.3 is 0 Å². The average molecular weight is 433 g/mol. The Morgan fingerprint density at radius 3 is 2.34 bits per heavy atom. The Labute approximate surface area is 173 Å². The van der Waals surface area contributed by atoms with E-state index in [0.29, 0.717) is 23.2 Å². The molecule has 0 bridgehead atoms. The highest BCUT2D eigenvalue weighted by molar-refractivity contribution is 7.92. The number of benzene rings is 2. The predicted octanol–water partition coefficient (Wildman–Crippen LogP) is 3.63. The van der Waals surface area contributed by atoms with E-state index in [1.54, 1.807) is 5.38 Å². The smallest absolute Gasteiger partial charge is 0.241 e. The van der Waals surface area contributed by atoms with Crippen LogP contribution in [0, 0.1) is 0 Å². The molecule has 0 aliphatic carbocycles. The summed E-state index contributed by atoms with van der Waals surface area (Å²) in [5.74, 6) is -0.00716. The second-order valence-corrected chi connectivity index (χ2v) is 8.83. The Morgan fingerprint density at radius 1 is 1.07 bits per heavy atom. The first-order valence-corrected chi connectivity index (χ1v) is 11.3. The lowest BCUT2D eigenvalue weighted by atomic mass is 10.2. The van der Waals surface area contributed by atoms with Gasteiger partial charge in [0.2, 0.25) is 5.91 Å². The maximum Gasteiger partial charge on any atom is 0.241 e. The second kappa shape index (κ2) is 9.06. The molecule has 1 aromatic heterocycles. The zero-order chi connectivity index (χ0) is 20.9. The molecule has 0 atom stereocenters. The number of ether oxygens (including phenoxy) is 2. The molecule has 0 fully saturated rings. The molecular formula is C20H20N2O5S2. The van der Waals surface area contributed by atoms with Crippen LogP contribution in [0.3, 0.4) is 0 Å². The lowest BCUT2D eigenvalue weighted by Crippen LogP contribution is -2.22. The molecule has 9 heteroatoms. The van der Waals surface area contributed by atoms with Crippen LogP contribution in [0.2, 0.25) is 0 Å². The van der Waals surface area contributed by atoms with Crippen molar-refractivity contribution in [2.24, 2.45) is 0 Å². The van der Waals surface area contributed by atoms with Gasteiger partial charge in [0.25, 0.3) is 0 Å². The SMILES string of the molecule is CCOc1ccc(-c2csc(NC(=O)CS(=O)(=O)c3ccc(OC)cc3)n2)cc1. The van der Waals surface area contributed by atoms with Crippen molar-refractivity contribution in [2.45, 2.75) is 11.8 Å². The molecule has 29 heavy (non-hydrogen) atoms. The molecule has 0 saturated carbocycles. The van der Waals surface area contributed by atoms with E-state index < -0.39 is 21.5 Å². The third-order valence-corrected chi connectivity index (χ3v) is 6.34. The first-order chi connectivity index (χ1) is 13.9. The van der Waals surface area contributed by atoms with E-state index in [1.807, 2.05) is 31.2 Å². The van der Waals surface area contributed by atoms with E-state index >= 15 is 0 Å². The van der Waals surface area contributed by atoms with Gasteiger partial charge in [-0.3, -0.25) is 4.79 Å². The van der Waals surface area contributed by atoms with Crippen molar-refractivity contribution in [1.82, 2.24) is 4.98 Å².